The van der Waals surface area contributed by atoms with Gasteiger partial charge in [0.25, 0.3) is 5.91 Å². The molecule has 21 heavy (non-hydrogen) atoms. The first-order chi connectivity index (χ1) is 10.2. The normalized spacial score (nSPS) is 13.1. The van der Waals surface area contributed by atoms with Crippen molar-refractivity contribution in [3.05, 3.63) is 42.1 Å². The Labute approximate surface area is 122 Å². The molecule has 0 fully saturated rings. The van der Waals surface area contributed by atoms with Crippen molar-refractivity contribution in [2.75, 3.05) is 0 Å². The number of nitrogens with two attached hydrogens (primary N) is 1. The Kier molecular flexibility index (Phi) is 4.71. The van der Waals surface area contributed by atoms with Gasteiger partial charge in [-0.3, -0.25) is 9.78 Å². The van der Waals surface area contributed by atoms with Gasteiger partial charge in [0, 0.05) is 29.6 Å². The minimum atomic E-state index is -0.189. The van der Waals surface area contributed by atoms with Gasteiger partial charge in [-0.05, 0) is 24.6 Å². The zero-order valence-electron chi connectivity index (χ0n) is 11.8. The molecule has 1 unspecified atom stereocenters. The van der Waals surface area contributed by atoms with E-state index in [1.165, 1.54) is 0 Å². The molecule has 4 N–H and O–H groups in total. The molecule has 1 amide bonds. The quantitative estimate of drug-likeness (QED) is 0.338. The molecule has 2 rings (SSSR count). The number of carbonyl (C=O) groups is 1. The number of amidine groups is 1. The van der Waals surface area contributed by atoms with E-state index in [9.17, 15) is 4.79 Å². The number of amides is 1. The fourth-order valence-electron chi connectivity index (χ4n) is 2.16. The number of benzene rings is 1. The summed E-state index contributed by atoms with van der Waals surface area (Å²) in [5.41, 5.74) is 6.83. The van der Waals surface area contributed by atoms with Crippen molar-refractivity contribution in [1.29, 1.82) is 0 Å². The topological polar surface area (TPSA) is 101 Å². The number of nitrogens with one attached hydrogen (secondary N) is 1. The van der Waals surface area contributed by atoms with E-state index < -0.39 is 0 Å². The Bertz CT molecular complexity index is 664. The second-order valence-electron chi connectivity index (χ2n) is 4.75. The van der Waals surface area contributed by atoms with Crippen LogP contribution in [0.25, 0.3) is 10.9 Å². The number of hydrogen-bond acceptors (Lipinski definition) is 4. The molecule has 0 radical (unpaired) electrons. The van der Waals surface area contributed by atoms with Crippen LogP contribution in [0.5, 0.6) is 0 Å². The number of rotatable bonds is 5. The summed E-state index contributed by atoms with van der Waals surface area (Å²) in [5.74, 6) is -0.0899. The second-order valence-corrected chi connectivity index (χ2v) is 4.75. The van der Waals surface area contributed by atoms with E-state index in [2.05, 4.69) is 15.5 Å². The molecular weight excluding hydrogens is 268 g/mol. The van der Waals surface area contributed by atoms with Gasteiger partial charge in [-0.1, -0.05) is 24.2 Å². The zero-order valence-corrected chi connectivity index (χ0v) is 11.8. The van der Waals surface area contributed by atoms with Crippen LogP contribution in [0.1, 0.15) is 30.1 Å². The molecule has 0 aliphatic rings. The lowest BCUT2D eigenvalue weighted by atomic mass is 10.1. The molecule has 0 saturated heterocycles. The molecule has 0 saturated carbocycles. The highest BCUT2D eigenvalue weighted by atomic mass is 16.4. The minimum absolute atomic E-state index is 0.0988. The molecule has 1 aromatic carbocycles. The van der Waals surface area contributed by atoms with E-state index in [0.29, 0.717) is 18.4 Å². The lowest BCUT2D eigenvalue weighted by Crippen LogP contribution is -2.37. The minimum Gasteiger partial charge on any atom is -0.409 e. The molecule has 0 aliphatic carbocycles. The summed E-state index contributed by atoms with van der Waals surface area (Å²) in [6.07, 6.45) is 2.68. The molecule has 6 heteroatoms. The van der Waals surface area contributed by atoms with Crippen molar-refractivity contribution in [1.82, 2.24) is 10.3 Å². The summed E-state index contributed by atoms with van der Waals surface area (Å²) < 4.78 is 0. The third-order valence-electron chi connectivity index (χ3n) is 3.30. The van der Waals surface area contributed by atoms with Crippen LogP contribution in [0.3, 0.4) is 0 Å². The van der Waals surface area contributed by atoms with Gasteiger partial charge in [0.05, 0.1) is 5.52 Å². The van der Waals surface area contributed by atoms with Crippen molar-refractivity contribution < 1.29 is 10.0 Å². The second kappa shape index (κ2) is 6.69. The first-order valence-electron chi connectivity index (χ1n) is 6.76. The Hall–Kier alpha value is -2.63. The van der Waals surface area contributed by atoms with Crippen molar-refractivity contribution >= 4 is 22.6 Å². The maximum atomic E-state index is 12.4. The van der Waals surface area contributed by atoms with Gasteiger partial charge in [0.1, 0.15) is 5.84 Å². The van der Waals surface area contributed by atoms with Crippen molar-refractivity contribution in [3.63, 3.8) is 0 Å². The number of pyridine rings is 1. The number of aromatic nitrogens is 1. The van der Waals surface area contributed by atoms with Gasteiger partial charge in [-0.25, -0.2) is 0 Å². The average molecular weight is 286 g/mol. The molecular formula is C15H18N4O2. The van der Waals surface area contributed by atoms with Crippen LogP contribution in [0, 0.1) is 0 Å². The Balaban J connectivity index is 2.22. The van der Waals surface area contributed by atoms with Crippen LogP contribution in [0.4, 0.5) is 0 Å². The molecule has 1 heterocycles. The summed E-state index contributed by atoms with van der Waals surface area (Å²) in [5, 5.41) is 15.3. The van der Waals surface area contributed by atoms with E-state index in [4.69, 9.17) is 10.9 Å². The number of nitrogens with zero attached hydrogens (tertiary/aromatic N) is 2. The molecule has 0 bridgehead atoms. The summed E-state index contributed by atoms with van der Waals surface area (Å²) in [6.45, 7) is 1.93. The standard InChI is InChI=1S/C15H18N4O2/c1-2-10(9-14(16)19-21)18-15(20)12-5-3-7-13-11(12)6-4-8-17-13/h3-8,10,21H,2,9H2,1H3,(H2,16,19)(H,18,20). The molecule has 0 spiro atoms. The van der Waals surface area contributed by atoms with Crippen LogP contribution in [-0.2, 0) is 0 Å². The van der Waals surface area contributed by atoms with Gasteiger partial charge in [0.15, 0.2) is 0 Å². The summed E-state index contributed by atoms with van der Waals surface area (Å²) >= 11 is 0. The van der Waals surface area contributed by atoms with Gasteiger partial charge >= 0.3 is 0 Å². The van der Waals surface area contributed by atoms with Gasteiger partial charge < -0.3 is 16.3 Å². The maximum absolute atomic E-state index is 12.4. The fourth-order valence-corrected chi connectivity index (χ4v) is 2.16. The lowest BCUT2D eigenvalue weighted by Gasteiger charge is -2.16. The first kappa shape index (κ1) is 14.8. The van der Waals surface area contributed by atoms with Crippen LogP contribution < -0.4 is 11.1 Å². The number of hydrogen-bond donors (Lipinski definition) is 3. The molecule has 1 atom stereocenters. The summed E-state index contributed by atoms with van der Waals surface area (Å²) in [4.78, 5) is 16.6. The van der Waals surface area contributed by atoms with Crippen LogP contribution in [0.2, 0.25) is 0 Å². The lowest BCUT2D eigenvalue weighted by molar-refractivity contribution is 0.0938. The van der Waals surface area contributed by atoms with Crippen molar-refractivity contribution in [2.24, 2.45) is 10.9 Å². The number of fused-ring (bicyclic) bond motifs is 1. The van der Waals surface area contributed by atoms with E-state index in [1.54, 1.807) is 24.4 Å². The van der Waals surface area contributed by atoms with Gasteiger partial charge in [-0.2, -0.15) is 0 Å². The Morgan fingerprint density at radius 1 is 1.43 bits per heavy atom. The maximum Gasteiger partial charge on any atom is 0.252 e. The van der Waals surface area contributed by atoms with E-state index in [0.717, 1.165) is 10.9 Å². The van der Waals surface area contributed by atoms with Crippen molar-refractivity contribution in [3.8, 4) is 0 Å². The summed E-state index contributed by atoms with van der Waals surface area (Å²) in [7, 11) is 0. The molecule has 1 aromatic heterocycles. The molecule has 110 valence electrons. The van der Waals surface area contributed by atoms with Gasteiger partial charge in [0.2, 0.25) is 0 Å². The predicted molar refractivity (Wildman–Crippen MR) is 81.3 cm³/mol. The third kappa shape index (κ3) is 3.47. The highest BCUT2D eigenvalue weighted by molar-refractivity contribution is 6.06. The fraction of sp³-hybridized carbons (Fsp3) is 0.267. The monoisotopic (exact) mass is 286 g/mol. The van der Waals surface area contributed by atoms with Crippen LogP contribution >= 0.6 is 0 Å². The summed E-state index contributed by atoms with van der Waals surface area (Å²) in [6, 6.07) is 8.90. The van der Waals surface area contributed by atoms with E-state index in [-0.39, 0.29) is 17.8 Å². The number of oxime groups is 1. The first-order valence-corrected chi connectivity index (χ1v) is 6.76. The number of carbonyl (C=O) groups excluding carboxylic acids is 1. The Morgan fingerprint density at radius 2 is 2.24 bits per heavy atom. The zero-order chi connectivity index (χ0) is 15.2. The molecule has 2 aromatic rings. The van der Waals surface area contributed by atoms with E-state index in [1.807, 2.05) is 19.1 Å². The van der Waals surface area contributed by atoms with Gasteiger partial charge in [-0.15, -0.1) is 0 Å². The molecule has 6 nitrogen and oxygen atoms in total. The third-order valence-corrected chi connectivity index (χ3v) is 3.30. The van der Waals surface area contributed by atoms with Crippen molar-refractivity contribution in [2.45, 2.75) is 25.8 Å². The Morgan fingerprint density at radius 3 is 2.95 bits per heavy atom. The van der Waals surface area contributed by atoms with Crippen LogP contribution in [-0.4, -0.2) is 28.0 Å². The average Bonchev–Trinajstić information content (AvgIpc) is 2.53. The SMILES string of the molecule is CCC(CC(N)=NO)NC(=O)c1cccc2ncccc12. The predicted octanol–water partition coefficient (Wildman–Crippen LogP) is 1.88. The smallest absolute Gasteiger partial charge is 0.252 e. The largest absolute Gasteiger partial charge is 0.409 e. The highest BCUT2D eigenvalue weighted by Gasteiger charge is 2.15. The van der Waals surface area contributed by atoms with E-state index >= 15 is 0 Å². The highest BCUT2D eigenvalue weighted by Crippen LogP contribution is 2.16. The molecule has 0 aliphatic heterocycles. The van der Waals surface area contributed by atoms with Crippen LogP contribution in [0.15, 0.2) is 41.7 Å².